The lowest BCUT2D eigenvalue weighted by Gasteiger charge is -2.36. The van der Waals surface area contributed by atoms with Crippen molar-refractivity contribution in [3.8, 4) is 17.2 Å². The lowest BCUT2D eigenvalue weighted by Crippen LogP contribution is -2.47. The third-order valence-corrected chi connectivity index (χ3v) is 7.95. The molecule has 208 valence electrons. The Morgan fingerprint density at radius 2 is 2.02 bits per heavy atom. The van der Waals surface area contributed by atoms with Gasteiger partial charge in [0.1, 0.15) is 22.0 Å². The van der Waals surface area contributed by atoms with Gasteiger partial charge in [0.15, 0.2) is 17.5 Å². The molecule has 0 aliphatic carbocycles. The number of carboxylic acid groups (broad SMARTS) is 1. The largest absolute Gasteiger partial charge is 0.479 e. The number of carbonyl (C=O) groups is 1. The first-order chi connectivity index (χ1) is 19.3. The average molecular weight is 568 g/mol. The van der Waals surface area contributed by atoms with Gasteiger partial charge in [-0.2, -0.15) is 14.6 Å². The number of rotatable bonds is 8. The Labute approximate surface area is 230 Å². The van der Waals surface area contributed by atoms with Crippen LogP contribution < -0.4 is 20.2 Å². The third kappa shape index (κ3) is 4.75. The van der Waals surface area contributed by atoms with Gasteiger partial charge in [0, 0.05) is 45.3 Å². The normalized spacial score (nSPS) is 15.2. The highest BCUT2D eigenvalue weighted by atomic mass is 32.1. The second-order valence-electron chi connectivity index (χ2n) is 9.49. The maximum Gasteiger partial charge on any atom is 0.344 e. The van der Waals surface area contributed by atoms with Gasteiger partial charge < -0.3 is 24.9 Å². The molecule has 0 amide bonds. The summed E-state index contributed by atoms with van der Waals surface area (Å²) >= 11 is 1.11. The molecule has 4 aromatic heterocycles. The quantitative estimate of drug-likeness (QED) is 0.287. The first kappa shape index (κ1) is 25.8. The van der Waals surface area contributed by atoms with Crippen molar-refractivity contribution in [2.24, 2.45) is 0 Å². The van der Waals surface area contributed by atoms with Gasteiger partial charge in [-0.05, 0) is 37.3 Å². The predicted molar refractivity (Wildman–Crippen MR) is 148 cm³/mol. The summed E-state index contributed by atoms with van der Waals surface area (Å²) in [5.41, 5.74) is 8.46. The summed E-state index contributed by atoms with van der Waals surface area (Å²) in [7, 11) is 0. The van der Waals surface area contributed by atoms with Gasteiger partial charge in [0.2, 0.25) is 5.95 Å². The number of aromatic nitrogens is 4. The van der Waals surface area contributed by atoms with Gasteiger partial charge in [-0.25, -0.2) is 9.18 Å². The van der Waals surface area contributed by atoms with E-state index in [1.165, 1.54) is 17.5 Å². The maximum atomic E-state index is 14.8. The number of thiazole rings is 1. The van der Waals surface area contributed by atoms with Crippen LogP contribution in [0.3, 0.4) is 0 Å². The zero-order chi connectivity index (χ0) is 28.0. The number of nitrogen functional groups attached to an aromatic ring is 1. The summed E-state index contributed by atoms with van der Waals surface area (Å²) in [6.45, 7) is 4.99. The van der Waals surface area contributed by atoms with Crippen molar-refractivity contribution in [2.75, 3.05) is 43.4 Å². The molecular weight excluding hydrogens is 541 g/mol. The Bertz CT molecular complexity index is 1750. The number of anilines is 2. The van der Waals surface area contributed by atoms with Gasteiger partial charge in [-0.3, -0.25) is 14.3 Å². The Morgan fingerprint density at radius 1 is 1.23 bits per heavy atom. The molecule has 0 radical (unpaired) electrons. The Hall–Kier alpha value is -4.43. The van der Waals surface area contributed by atoms with E-state index in [1.807, 2.05) is 11.0 Å². The lowest BCUT2D eigenvalue weighted by molar-refractivity contribution is -0.144. The van der Waals surface area contributed by atoms with Crippen LogP contribution in [0.4, 0.5) is 16.0 Å². The number of benzene rings is 1. The number of nitrogens with two attached hydrogens (primary N) is 1. The number of nitrogens with zero attached hydrogens (tertiary/aromatic N) is 6. The first-order valence-corrected chi connectivity index (χ1v) is 13.5. The van der Waals surface area contributed by atoms with E-state index >= 15 is 0 Å². The van der Waals surface area contributed by atoms with E-state index in [2.05, 4.69) is 15.0 Å². The minimum absolute atomic E-state index is 0.129. The SMILES string of the molecule is CC(Oc1ccc(N2CCN(CCn3c(=O)sc4c3nc(N)n3nc(-c5ccco5)cc43)CC2)c(F)c1)C(=O)O. The van der Waals surface area contributed by atoms with Crippen LogP contribution in [0.15, 0.2) is 51.9 Å². The van der Waals surface area contributed by atoms with E-state index in [4.69, 9.17) is 20.0 Å². The number of halogens is 1. The third-order valence-electron chi connectivity index (χ3n) is 6.95. The van der Waals surface area contributed by atoms with Crippen LogP contribution >= 0.6 is 11.3 Å². The van der Waals surface area contributed by atoms with Crippen molar-refractivity contribution in [1.29, 1.82) is 0 Å². The molecule has 3 N–H and O–H groups in total. The number of piperazine rings is 1. The number of fused-ring (bicyclic) bond motifs is 3. The predicted octanol–water partition coefficient (Wildman–Crippen LogP) is 2.76. The molecule has 12 nitrogen and oxygen atoms in total. The van der Waals surface area contributed by atoms with Gasteiger partial charge in [0.25, 0.3) is 0 Å². The summed E-state index contributed by atoms with van der Waals surface area (Å²) in [5, 5.41) is 13.5. The monoisotopic (exact) mass is 567 g/mol. The summed E-state index contributed by atoms with van der Waals surface area (Å²) in [4.78, 5) is 32.5. The number of carboxylic acids is 1. The minimum atomic E-state index is -1.12. The second kappa shape index (κ2) is 10.3. The van der Waals surface area contributed by atoms with Crippen molar-refractivity contribution < 1.29 is 23.4 Å². The van der Waals surface area contributed by atoms with Crippen LogP contribution in [0.1, 0.15) is 6.92 Å². The second-order valence-corrected chi connectivity index (χ2v) is 10.4. The molecule has 1 atom stereocenters. The Balaban J connectivity index is 1.13. The fourth-order valence-corrected chi connectivity index (χ4v) is 5.78. The zero-order valence-corrected chi connectivity index (χ0v) is 22.3. The Morgan fingerprint density at radius 3 is 2.73 bits per heavy atom. The molecule has 5 aromatic rings. The molecule has 1 saturated heterocycles. The smallest absolute Gasteiger partial charge is 0.344 e. The van der Waals surface area contributed by atoms with E-state index in [1.54, 1.807) is 35.1 Å². The van der Waals surface area contributed by atoms with Crippen molar-refractivity contribution >= 4 is 44.8 Å². The number of hydrogen-bond donors (Lipinski definition) is 2. The van der Waals surface area contributed by atoms with Crippen LogP contribution in [-0.4, -0.2) is 74.0 Å². The summed E-state index contributed by atoms with van der Waals surface area (Å²) in [5.74, 6) is -0.643. The zero-order valence-electron chi connectivity index (χ0n) is 21.5. The van der Waals surface area contributed by atoms with Gasteiger partial charge in [-0.1, -0.05) is 11.3 Å². The van der Waals surface area contributed by atoms with E-state index in [-0.39, 0.29) is 16.6 Å². The molecule has 5 heterocycles. The average Bonchev–Trinajstić information content (AvgIpc) is 3.67. The standard InChI is InChI=1S/C26H26FN7O5S/c1-15(24(35)36)39-16-4-5-19(17(27)13-16)32-9-6-31(7-10-32)8-11-33-23-22(40-26(33)37)20-14-18(21-3-2-12-38-21)30-34(20)25(28)29-23/h2-5,12-15H,6-11H2,1H3,(H2,28,29)(H,35,36). The minimum Gasteiger partial charge on any atom is -0.479 e. The molecule has 0 bridgehead atoms. The molecular formula is C26H26FN7O5S. The van der Waals surface area contributed by atoms with Gasteiger partial charge in [0.05, 0.1) is 17.5 Å². The number of hydrogen-bond acceptors (Lipinski definition) is 10. The van der Waals surface area contributed by atoms with E-state index in [0.29, 0.717) is 72.3 Å². The molecule has 1 aliphatic heterocycles. The van der Waals surface area contributed by atoms with E-state index in [0.717, 1.165) is 11.3 Å². The summed E-state index contributed by atoms with van der Waals surface area (Å²) in [6, 6.07) is 9.81. The Kier molecular flexibility index (Phi) is 6.64. The topological polar surface area (TPSA) is 144 Å². The molecule has 14 heteroatoms. The van der Waals surface area contributed by atoms with Crippen molar-refractivity contribution in [1.82, 2.24) is 24.1 Å². The first-order valence-electron chi connectivity index (χ1n) is 12.7. The molecule has 1 unspecified atom stereocenters. The van der Waals surface area contributed by atoms with E-state index in [9.17, 15) is 14.0 Å². The number of ether oxygens (including phenoxy) is 1. The highest BCUT2D eigenvalue weighted by molar-refractivity contribution is 7.17. The molecule has 40 heavy (non-hydrogen) atoms. The van der Waals surface area contributed by atoms with Gasteiger partial charge in [-0.15, -0.1) is 0 Å². The lowest BCUT2D eigenvalue weighted by atomic mass is 10.2. The molecule has 1 aliphatic rings. The van der Waals surface area contributed by atoms with Crippen molar-refractivity contribution in [2.45, 2.75) is 19.6 Å². The van der Waals surface area contributed by atoms with Crippen LogP contribution in [0.25, 0.3) is 27.3 Å². The van der Waals surface area contributed by atoms with E-state index < -0.39 is 17.9 Å². The van der Waals surface area contributed by atoms with Crippen LogP contribution in [0.2, 0.25) is 0 Å². The summed E-state index contributed by atoms with van der Waals surface area (Å²) < 4.78 is 29.4. The highest BCUT2D eigenvalue weighted by Crippen LogP contribution is 2.29. The highest BCUT2D eigenvalue weighted by Gasteiger charge is 2.22. The number of aliphatic carboxylic acids is 1. The number of furan rings is 1. The molecule has 0 saturated carbocycles. The van der Waals surface area contributed by atoms with Crippen molar-refractivity contribution in [3.63, 3.8) is 0 Å². The fourth-order valence-electron chi connectivity index (χ4n) is 4.82. The van der Waals surface area contributed by atoms with Crippen molar-refractivity contribution in [3.05, 3.63) is 58.1 Å². The fraction of sp³-hybridized carbons (Fsp3) is 0.308. The molecule has 0 spiro atoms. The summed E-state index contributed by atoms with van der Waals surface area (Å²) in [6.07, 6.45) is 0.497. The maximum absolute atomic E-state index is 14.8. The van der Waals surface area contributed by atoms with Crippen LogP contribution in [0, 0.1) is 5.82 Å². The molecule has 1 fully saturated rings. The van der Waals surface area contributed by atoms with Crippen LogP contribution in [0.5, 0.6) is 5.75 Å². The van der Waals surface area contributed by atoms with Crippen LogP contribution in [-0.2, 0) is 11.3 Å². The molecule has 1 aromatic carbocycles. The van der Waals surface area contributed by atoms with Gasteiger partial charge >= 0.3 is 10.8 Å². The molecule has 6 rings (SSSR count).